The van der Waals surface area contributed by atoms with Crippen LogP contribution in [0.5, 0.6) is 0 Å². The van der Waals surface area contributed by atoms with Gasteiger partial charge in [-0.3, -0.25) is 0 Å². The van der Waals surface area contributed by atoms with Crippen LogP contribution in [0.2, 0.25) is 0 Å². The standard InChI is InChI=1S/C13H14N2O/c1-9-12(10(2)16)8-14-13(15-9)11-6-4-3-5-7-11/h3-8,10,16H,1-2H3/t10-/m1/s1. The van der Waals surface area contributed by atoms with Crippen LogP contribution < -0.4 is 0 Å². The van der Waals surface area contributed by atoms with Crippen molar-refractivity contribution in [3.63, 3.8) is 0 Å². The lowest BCUT2D eigenvalue weighted by atomic mass is 10.1. The van der Waals surface area contributed by atoms with E-state index in [0.29, 0.717) is 5.82 Å². The van der Waals surface area contributed by atoms with Crippen LogP contribution in [0, 0.1) is 6.92 Å². The first-order valence-corrected chi connectivity index (χ1v) is 5.25. The summed E-state index contributed by atoms with van der Waals surface area (Å²) in [7, 11) is 0. The molecule has 3 heteroatoms. The van der Waals surface area contributed by atoms with Gasteiger partial charge in [-0.2, -0.15) is 0 Å². The summed E-state index contributed by atoms with van der Waals surface area (Å²) >= 11 is 0. The average Bonchev–Trinajstić information content (AvgIpc) is 2.29. The predicted molar refractivity (Wildman–Crippen MR) is 62.8 cm³/mol. The number of aromatic nitrogens is 2. The van der Waals surface area contributed by atoms with E-state index < -0.39 is 6.10 Å². The Morgan fingerprint density at radius 2 is 1.88 bits per heavy atom. The van der Waals surface area contributed by atoms with E-state index >= 15 is 0 Å². The van der Waals surface area contributed by atoms with E-state index in [9.17, 15) is 5.11 Å². The molecule has 0 aliphatic heterocycles. The fourth-order valence-electron chi connectivity index (χ4n) is 1.61. The van der Waals surface area contributed by atoms with Crippen molar-refractivity contribution in [2.24, 2.45) is 0 Å². The molecule has 0 amide bonds. The maximum atomic E-state index is 9.49. The fraction of sp³-hybridized carbons (Fsp3) is 0.231. The molecule has 0 aliphatic rings. The zero-order valence-corrected chi connectivity index (χ0v) is 9.38. The van der Waals surface area contributed by atoms with Crippen LogP contribution >= 0.6 is 0 Å². The second kappa shape index (κ2) is 4.41. The highest BCUT2D eigenvalue weighted by Gasteiger charge is 2.08. The highest BCUT2D eigenvalue weighted by atomic mass is 16.3. The van der Waals surface area contributed by atoms with Gasteiger partial charge in [0.2, 0.25) is 0 Å². The van der Waals surface area contributed by atoms with E-state index in [-0.39, 0.29) is 0 Å². The number of aryl methyl sites for hydroxylation is 1. The van der Waals surface area contributed by atoms with Crippen molar-refractivity contribution < 1.29 is 5.11 Å². The van der Waals surface area contributed by atoms with Gasteiger partial charge < -0.3 is 5.11 Å². The van der Waals surface area contributed by atoms with E-state index in [4.69, 9.17) is 0 Å². The van der Waals surface area contributed by atoms with Crippen molar-refractivity contribution in [1.82, 2.24) is 9.97 Å². The van der Waals surface area contributed by atoms with Gasteiger partial charge in [-0.15, -0.1) is 0 Å². The Morgan fingerprint density at radius 3 is 2.44 bits per heavy atom. The molecule has 0 saturated carbocycles. The summed E-state index contributed by atoms with van der Waals surface area (Å²) in [6.45, 7) is 3.60. The van der Waals surface area contributed by atoms with Crippen LogP contribution in [0.1, 0.15) is 24.3 Å². The van der Waals surface area contributed by atoms with Gasteiger partial charge in [0.25, 0.3) is 0 Å². The van der Waals surface area contributed by atoms with Crippen molar-refractivity contribution in [2.75, 3.05) is 0 Å². The first-order valence-electron chi connectivity index (χ1n) is 5.25. The minimum absolute atomic E-state index is 0.523. The zero-order chi connectivity index (χ0) is 11.5. The molecule has 1 aromatic heterocycles. The third-order valence-corrected chi connectivity index (χ3v) is 2.50. The number of rotatable bonds is 2. The van der Waals surface area contributed by atoms with Gasteiger partial charge in [0.15, 0.2) is 5.82 Å². The maximum Gasteiger partial charge on any atom is 0.159 e. The molecule has 0 fully saturated rings. The molecule has 0 spiro atoms. The monoisotopic (exact) mass is 214 g/mol. The van der Waals surface area contributed by atoms with Crippen molar-refractivity contribution in [3.05, 3.63) is 47.8 Å². The number of hydrogen-bond acceptors (Lipinski definition) is 3. The minimum atomic E-state index is -0.523. The summed E-state index contributed by atoms with van der Waals surface area (Å²) < 4.78 is 0. The predicted octanol–water partition coefficient (Wildman–Crippen LogP) is 2.51. The summed E-state index contributed by atoms with van der Waals surface area (Å²) in [6, 6.07) is 9.81. The molecule has 16 heavy (non-hydrogen) atoms. The molecular formula is C13H14N2O. The normalized spacial score (nSPS) is 12.4. The Morgan fingerprint density at radius 1 is 1.19 bits per heavy atom. The third-order valence-electron chi connectivity index (χ3n) is 2.50. The summed E-state index contributed by atoms with van der Waals surface area (Å²) in [5.41, 5.74) is 2.59. The second-order valence-electron chi connectivity index (χ2n) is 3.78. The highest BCUT2D eigenvalue weighted by Crippen LogP contribution is 2.19. The third kappa shape index (κ3) is 2.09. The Kier molecular flexibility index (Phi) is 2.97. The van der Waals surface area contributed by atoms with Crippen LogP contribution in [0.3, 0.4) is 0 Å². The van der Waals surface area contributed by atoms with Crippen molar-refractivity contribution in [2.45, 2.75) is 20.0 Å². The molecule has 1 N–H and O–H groups in total. The maximum absolute atomic E-state index is 9.49. The summed E-state index contributed by atoms with van der Waals surface area (Å²) in [6.07, 6.45) is 1.17. The number of aliphatic hydroxyl groups is 1. The summed E-state index contributed by atoms with van der Waals surface area (Å²) in [5.74, 6) is 0.697. The van der Waals surface area contributed by atoms with Gasteiger partial charge >= 0.3 is 0 Å². The number of nitrogens with zero attached hydrogens (tertiary/aromatic N) is 2. The van der Waals surface area contributed by atoms with Crippen LogP contribution in [-0.4, -0.2) is 15.1 Å². The Balaban J connectivity index is 2.43. The summed E-state index contributed by atoms with van der Waals surface area (Å²) in [5, 5.41) is 9.49. The fourth-order valence-corrected chi connectivity index (χ4v) is 1.61. The SMILES string of the molecule is Cc1nc(-c2ccccc2)ncc1[C@@H](C)O. The summed E-state index contributed by atoms with van der Waals surface area (Å²) in [4.78, 5) is 8.65. The Bertz CT molecular complexity index is 481. The topological polar surface area (TPSA) is 46.0 Å². The molecule has 0 aliphatic carbocycles. The van der Waals surface area contributed by atoms with E-state index in [1.54, 1.807) is 13.1 Å². The van der Waals surface area contributed by atoms with Crippen LogP contribution in [0.15, 0.2) is 36.5 Å². The Hall–Kier alpha value is -1.74. The number of hydrogen-bond donors (Lipinski definition) is 1. The minimum Gasteiger partial charge on any atom is -0.389 e. The second-order valence-corrected chi connectivity index (χ2v) is 3.78. The number of aliphatic hydroxyl groups excluding tert-OH is 1. The van der Waals surface area contributed by atoms with Gasteiger partial charge in [0.1, 0.15) is 0 Å². The molecule has 2 rings (SSSR count). The van der Waals surface area contributed by atoms with Crippen LogP contribution in [0.4, 0.5) is 0 Å². The average molecular weight is 214 g/mol. The first kappa shape index (κ1) is 10.8. The van der Waals surface area contributed by atoms with Gasteiger partial charge in [0, 0.05) is 23.0 Å². The van der Waals surface area contributed by atoms with E-state index in [2.05, 4.69) is 9.97 Å². The molecule has 1 heterocycles. The van der Waals surface area contributed by atoms with Gasteiger partial charge in [-0.1, -0.05) is 30.3 Å². The zero-order valence-electron chi connectivity index (χ0n) is 9.38. The molecule has 82 valence electrons. The van der Waals surface area contributed by atoms with E-state index in [1.807, 2.05) is 37.3 Å². The molecule has 1 atom stereocenters. The molecule has 3 nitrogen and oxygen atoms in total. The van der Waals surface area contributed by atoms with Crippen molar-refractivity contribution >= 4 is 0 Å². The lowest BCUT2D eigenvalue weighted by Gasteiger charge is -2.08. The number of benzene rings is 1. The van der Waals surface area contributed by atoms with E-state index in [0.717, 1.165) is 16.8 Å². The van der Waals surface area contributed by atoms with Crippen LogP contribution in [0.25, 0.3) is 11.4 Å². The van der Waals surface area contributed by atoms with Crippen LogP contribution in [-0.2, 0) is 0 Å². The lowest BCUT2D eigenvalue weighted by molar-refractivity contribution is 0.197. The quantitative estimate of drug-likeness (QED) is 0.835. The molecular weight excluding hydrogens is 200 g/mol. The van der Waals surface area contributed by atoms with E-state index in [1.165, 1.54) is 0 Å². The Labute approximate surface area is 94.8 Å². The molecule has 2 aromatic rings. The van der Waals surface area contributed by atoms with Crippen molar-refractivity contribution in [1.29, 1.82) is 0 Å². The largest absolute Gasteiger partial charge is 0.389 e. The van der Waals surface area contributed by atoms with Gasteiger partial charge in [-0.05, 0) is 13.8 Å². The molecule has 1 aromatic carbocycles. The van der Waals surface area contributed by atoms with Gasteiger partial charge in [0.05, 0.1) is 6.10 Å². The first-order chi connectivity index (χ1) is 7.68. The highest BCUT2D eigenvalue weighted by molar-refractivity contribution is 5.54. The molecule has 0 saturated heterocycles. The lowest BCUT2D eigenvalue weighted by Crippen LogP contribution is -2.01. The molecule has 0 radical (unpaired) electrons. The molecule has 0 bridgehead atoms. The molecule has 0 unspecified atom stereocenters. The van der Waals surface area contributed by atoms with Gasteiger partial charge in [-0.25, -0.2) is 9.97 Å². The smallest absolute Gasteiger partial charge is 0.159 e. The van der Waals surface area contributed by atoms with Crippen molar-refractivity contribution in [3.8, 4) is 11.4 Å².